The van der Waals surface area contributed by atoms with Crippen molar-refractivity contribution in [3.05, 3.63) is 34.9 Å². The zero-order valence-electron chi connectivity index (χ0n) is 15.2. The number of guanidine groups is 1. The maximum absolute atomic E-state index is 6.19. The molecule has 25 heavy (non-hydrogen) atoms. The Kier molecular flexibility index (Phi) is 4.92. The summed E-state index contributed by atoms with van der Waals surface area (Å²) in [5.41, 5.74) is 1.61. The van der Waals surface area contributed by atoms with E-state index >= 15 is 0 Å². The van der Waals surface area contributed by atoms with E-state index in [4.69, 9.17) is 11.6 Å². The zero-order chi connectivity index (χ0) is 17.3. The lowest BCUT2D eigenvalue weighted by Crippen LogP contribution is -2.44. The molecule has 3 fully saturated rings. The fourth-order valence-electron chi connectivity index (χ4n) is 4.46. The van der Waals surface area contributed by atoms with Gasteiger partial charge in [0.25, 0.3) is 0 Å². The van der Waals surface area contributed by atoms with Crippen LogP contribution in [0.4, 0.5) is 0 Å². The van der Waals surface area contributed by atoms with Gasteiger partial charge in [-0.2, -0.15) is 0 Å². The number of halogens is 1. The molecule has 2 heterocycles. The summed E-state index contributed by atoms with van der Waals surface area (Å²) >= 11 is 6.19. The van der Waals surface area contributed by atoms with Gasteiger partial charge in [-0.1, -0.05) is 23.7 Å². The van der Waals surface area contributed by atoms with Crippen molar-refractivity contribution in [1.82, 2.24) is 15.1 Å². The van der Waals surface area contributed by atoms with Gasteiger partial charge in [0, 0.05) is 43.2 Å². The zero-order valence-corrected chi connectivity index (χ0v) is 15.9. The first-order valence-corrected chi connectivity index (χ1v) is 10.0. The van der Waals surface area contributed by atoms with Crippen LogP contribution in [-0.4, -0.2) is 61.6 Å². The molecule has 0 aromatic heterocycles. The fourth-order valence-corrected chi connectivity index (χ4v) is 4.65. The molecule has 0 spiro atoms. The standard InChI is InChI=1S/C20H29ClN4/c1-22-19(25-12-7-18(14-25)24-10-2-3-11-24)23-15-20(8-9-20)16-5-4-6-17(21)13-16/h4-6,13,18H,2-3,7-12,14-15H2,1H3,(H,22,23). The van der Waals surface area contributed by atoms with Gasteiger partial charge in [-0.25, -0.2) is 0 Å². The van der Waals surface area contributed by atoms with Gasteiger partial charge in [-0.3, -0.25) is 9.89 Å². The summed E-state index contributed by atoms with van der Waals surface area (Å²) in [4.78, 5) is 9.67. The number of benzene rings is 1. The molecule has 136 valence electrons. The SMILES string of the molecule is CN=C(NCC1(c2cccc(Cl)c2)CC1)N1CCC(N2CCCC2)C1. The molecule has 0 radical (unpaired) electrons. The third-order valence-electron chi connectivity index (χ3n) is 6.21. The van der Waals surface area contributed by atoms with Gasteiger partial charge >= 0.3 is 0 Å². The largest absolute Gasteiger partial charge is 0.355 e. The number of nitrogens with one attached hydrogen (secondary N) is 1. The van der Waals surface area contributed by atoms with Crippen molar-refractivity contribution >= 4 is 17.6 Å². The predicted molar refractivity (Wildman–Crippen MR) is 105 cm³/mol. The molecule has 1 atom stereocenters. The van der Waals surface area contributed by atoms with Gasteiger partial charge in [0.05, 0.1) is 0 Å². The lowest BCUT2D eigenvalue weighted by Gasteiger charge is -2.27. The van der Waals surface area contributed by atoms with Gasteiger partial charge in [0.2, 0.25) is 0 Å². The Balaban J connectivity index is 1.35. The van der Waals surface area contributed by atoms with Crippen LogP contribution in [-0.2, 0) is 5.41 Å². The highest BCUT2D eigenvalue weighted by Crippen LogP contribution is 2.48. The Hall–Kier alpha value is -1.26. The van der Waals surface area contributed by atoms with E-state index < -0.39 is 0 Å². The number of hydrogen-bond donors (Lipinski definition) is 1. The minimum absolute atomic E-state index is 0.245. The quantitative estimate of drug-likeness (QED) is 0.661. The summed E-state index contributed by atoms with van der Waals surface area (Å²) in [5, 5.41) is 4.49. The Morgan fingerprint density at radius 2 is 2.08 bits per heavy atom. The molecule has 1 saturated carbocycles. The van der Waals surface area contributed by atoms with Crippen molar-refractivity contribution in [2.24, 2.45) is 4.99 Å². The topological polar surface area (TPSA) is 30.9 Å². The second-order valence-corrected chi connectivity index (χ2v) is 8.26. The molecule has 2 saturated heterocycles. The summed E-state index contributed by atoms with van der Waals surface area (Å²) in [5.74, 6) is 1.06. The highest BCUT2D eigenvalue weighted by atomic mass is 35.5. The second kappa shape index (κ2) is 7.16. The van der Waals surface area contributed by atoms with E-state index in [0.29, 0.717) is 6.04 Å². The van der Waals surface area contributed by atoms with Crippen LogP contribution in [0.2, 0.25) is 5.02 Å². The summed E-state index contributed by atoms with van der Waals surface area (Å²) in [6.07, 6.45) is 6.46. The lowest BCUT2D eigenvalue weighted by atomic mass is 9.96. The highest BCUT2D eigenvalue weighted by Gasteiger charge is 2.44. The lowest BCUT2D eigenvalue weighted by molar-refractivity contribution is 0.249. The van der Waals surface area contributed by atoms with Crippen LogP contribution < -0.4 is 5.32 Å². The molecular formula is C20H29ClN4. The Labute approximate surface area is 156 Å². The van der Waals surface area contributed by atoms with Crippen molar-refractivity contribution in [3.8, 4) is 0 Å². The van der Waals surface area contributed by atoms with E-state index in [1.165, 1.54) is 50.8 Å². The number of likely N-dealkylation sites (tertiary alicyclic amines) is 2. The van der Waals surface area contributed by atoms with Crippen LogP contribution in [0.3, 0.4) is 0 Å². The molecule has 2 aliphatic heterocycles. The van der Waals surface area contributed by atoms with E-state index in [9.17, 15) is 0 Å². The normalized spacial score (nSPS) is 26.2. The van der Waals surface area contributed by atoms with Crippen molar-refractivity contribution in [1.29, 1.82) is 0 Å². The average Bonchev–Trinajstić information content (AvgIpc) is 3.02. The molecule has 1 aliphatic carbocycles. The second-order valence-electron chi connectivity index (χ2n) is 7.82. The third-order valence-corrected chi connectivity index (χ3v) is 6.44. The minimum Gasteiger partial charge on any atom is -0.355 e. The van der Waals surface area contributed by atoms with Crippen LogP contribution in [0.1, 0.15) is 37.7 Å². The highest BCUT2D eigenvalue weighted by molar-refractivity contribution is 6.30. The summed E-state index contributed by atoms with van der Waals surface area (Å²) in [7, 11) is 1.91. The van der Waals surface area contributed by atoms with Gasteiger partial charge in [0.15, 0.2) is 5.96 Å². The van der Waals surface area contributed by atoms with Gasteiger partial charge < -0.3 is 10.2 Å². The van der Waals surface area contributed by atoms with Crippen LogP contribution in [0.15, 0.2) is 29.3 Å². The van der Waals surface area contributed by atoms with Crippen molar-refractivity contribution in [2.75, 3.05) is 39.8 Å². The van der Waals surface area contributed by atoms with Crippen LogP contribution in [0.25, 0.3) is 0 Å². The summed E-state index contributed by atoms with van der Waals surface area (Å²) < 4.78 is 0. The van der Waals surface area contributed by atoms with Crippen molar-refractivity contribution < 1.29 is 0 Å². The van der Waals surface area contributed by atoms with E-state index in [0.717, 1.165) is 30.6 Å². The monoisotopic (exact) mass is 360 g/mol. The smallest absolute Gasteiger partial charge is 0.193 e. The van der Waals surface area contributed by atoms with Crippen LogP contribution in [0, 0.1) is 0 Å². The third kappa shape index (κ3) is 3.65. The Morgan fingerprint density at radius 3 is 2.76 bits per heavy atom. The molecule has 4 rings (SSSR count). The molecule has 5 heteroatoms. The van der Waals surface area contributed by atoms with Crippen LogP contribution >= 0.6 is 11.6 Å². The maximum Gasteiger partial charge on any atom is 0.193 e. The number of aliphatic imine (C=N–C) groups is 1. The molecule has 0 amide bonds. The average molecular weight is 361 g/mol. The first-order valence-electron chi connectivity index (χ1n) is 9.66. The van der Waals surface area contributed by atoms with Gasteiger partial charge in [-0.05, 0) is 62.9 Å². The van der Waals surface area contributed by atoms with Crippen molar-refractivity contribution in [3.63, 3.8) is 0 Å². The Morgan fingerprint density at radius 1 is 1.28 bits per heavy atom. The predicted octanol–water partition coefficient (Wildman–Crippen LogP) is 3.12. The first kappa shape index (κ1) is 17.2. The van der Waals surface area contributed by atoms with Crippen LogP contribution in [0.5, 0.6) is 0 Å². The molecule has 1 aromatic rings. The van der Waals surface area contributed by atoms with Gasteiger partial charge in [0.1, 0.15) is 0 Å². The molecule has 1 unspecified atom stereocenters. The minimum atomic E-state index is 0.245. The molecule has 0 bridgehead atoms. The number of nitrogens with zero attached hydrogens (tertiary/aromatic N) is 3. The van der Waals surface area contributed by atoms with E-state index in [1.54, 1.807) is 0 Å². The Bertz CT molecular complexity index is 634. The molecule has 1 aromatic carbocycles. The summed E-state index contributed by atoms with van der Waals surface area (Å²) in [6, 6.07) is 9.06. The number of rotatable bonds is 4. The molecule has 1 N–H and O–H groups in total. The first-order chi connectivity index (χ1) is 12.2. The van der Waals surface area contributed by atoms with E-state index in [1.807, 2.05) is 13.1 Å². The van der Waals surface area contributed by atoms with E-state index in [-0.39, 0.29) is 5.41 Å². The molecular weight excluding hydrogens is 332 g/mol. The maximum atomic E-state index is 6.19. The molecule has 4 nitrogen and oxygen atoms in total. The fraction of sp³-hybridized carbons (Fsp3) is 0.650. The van der Waals surface area contributed by atoms with E-state index in [2.05, 4.69) is 38.3 Å². The van der Waals surface area contributed by atoms with Gasteiger partial charge in [-0.15, -0.1) is 0 Å². The molecule has 3 aliphatic rings. The number of hydrogen-bond acceptors (Lipinski definition) is 2. The van der Waals surface area contributed by atoms with Crippen molar-refractivity contribution in [2.45, 2.75) is 43.6 Å². The summed E-state index contributed by atoms with van der Waals surface area (Å²) in [6.45, 7) is 5.74.